The number of hydrogen-bond acceptors (Lipinski definition) is 2. The maximum absolute atomic E-state index is 13.7. The molecule has 1 aliphatic heterocycles. The highest BCUT2D eigenvalue weighted by Gasteiger charge is 2.27. The van der Waals surface area contributed by atoms with E-state index in [9.17, 15) is 9.18 Å². The monoisotopic (exact) mass is 467 g/mol. The smallest absolute Gasteiger partial charge is 0.255 e. The van der Waals surface area contributed by atoms with E-state index in [0.717, 1.165) is 35.7 Å². The third-order valence-electron chi connectivity index (χ3n) is 6.93. The van der Waals surface area contributed by atoms with Crippen LogP contribution in [0.4, 0.5) is 10.1 Å². The molecule has 1 saturated heterocycles. The summed E-state index contributed by atoms with van der Waals surface area (Å²) in [6.45, 7) is 9.13. The van der Waals surface area contributed by atoms with E-state index >= 15 is 0 Å². The maximum Gasteiger partial charge on any atom is 0.255 e. The third-order valence-corrected chi connectivity index (χ3v) is 6.93. The number of anilines is 1. The Bertz CT molecular complexity index is 1350. The van der Waals surface area contributed by atoms with Crippen LogP contribution < -0.4 is 4.90 Å². The van der Waals surface area contributed by atoms with E-state index in [-0.39, 0.29) is 11.7 Å². The minimum atomic E-state index is -0.276. The molecule has 5 heteroatoms. The first-order chi connectivity index (χ1) is 16.9. The lowest BCUT2D eigenvalue weighted by molar-refractivity contribution is 0.0746. The van der Waals surface area contributed by atoms with Gasteiger partial charge in [0.15, 0.2) is 0 Å². The van der Waals surface area contributed by atoms with Crippen LogP contribution in [-0.4, -0.2) is 41.6 Å². The number of halogens is 1. The summed E-state index contributed by atoms with van der Waals surface area (Å²) in [6, 6.07) is 25.1. The van der Waals surface area contributed by atoms with Gasteiger partial charge in [0.2, 0.25) is 0 Å². The van der Waals surface area contributed by atoms with Crippen LogP contribution >= 0.6 is 0 Å². The molecule has 1 amide bonds. The fourth-order valence-corrected chi connectivity index (χ4v) is 4.92. The van der Waals surface area contributed by atoms with E-state index < -0.39 is 0 Å². The van der Waals surface area contributed by atoms with E-state index in [2.05, 4.69) is 71.8 Å². The van der Waals surface area contributed by atoms with Crippen LogP contribution in [-0.2, 0) is 0 Å². The van der Waals surface area contributed by atoms with Gasteiger partial charge < -0.3 is 14.4 Å². The molecule has 4 aromatic rings. The van der Waals surface area contributed by atoms with Gasteiger partial charge in [0.1, 0.15) is 5.82 Å². The number of hydrogen-bond donors (Lipinski definition) is 0. The van der Waals surface area contributed by atoms with Gasteiger partial charge in [-0.15, -0.1) is 0 Å². The Labute approximate surface area is 206 Å². The number of para-hydroxylation sites is 1. The summed E-state index contributed by atoms with van der Waals surface area (Å²) in [4.78, 5) is 18.0. The Morgan fingerprint density at radius 1 is 0.800 bits per heavy atom. The number of nitrogens with zero attached hydrogens (tertiary/aromatic N) is 3. The van der Waals surface area contributed by atoms with Gasteiger partial charge in [0.25, 0.3) is 5.91 Å². The van der Waals surface area contributed by atoms with Gasteiger partial charge in [0.05, 0.1) is 11.3 Å². The zero-order valence-electron chi connectivity index (χ0n) is 20.5. The second kappa shape index (κ2) is 9.41. The average molecular weight is 468 g/mol. The number of aromatic nitrogens is 1. The Hall–Kier alpha value is -3.86. The summed E-state index contributed by atoms with van der Waals surface area (Å²) in [5.74, 6) is -0.233. The molecule has 178 valence electrons. The number of piperazine rings is 1. The zero-order valence-corrected chi connectivity index (χ0v) is 20.5. The van der Waals surface area contributed by atoms with Crippen LogP contribution in [0.3, 0.4) is 0 Å². The molecule has 0 aliphatic carbocycles. The van der Waals surface area contributed by atoms with Gasteiger partial charge in [-0.3, -0.25) is 4.79 Å². The molecule has 1 aliphatic rings. The summed E-state index contributed by atoms with van der Waals surface area (Å²) >= 11 is 0. The number of carbonyl (C=O) groups excluding carboxylic acids is 1. The quantitative estimate of drug-likeness (QED) is 0.359. The summed E-state index contributed by atoms with van der Waals surface area (Å²) in [7, 11) is 0. The van der Waals surface area contributed by atoms with Gasteiger partial charge in [-0.2, -0.15) is 0 Å². The molecule has 0 bridgehead atoms. The molecular formula is C30H30FN3O. The molecule has 5 rings (SSSR count). The highest BCUT2D eigenvalue weighted by molar-refractivity contribution is 5.97. The number of benzene rings is 3. The topological polar surface area (TPSA) is 28.5 Å². The molecule has 0 N–H and O–H groups in total. The van der Waals surface area contributed by atoms with Crippen LogP contribution in [0.25, 0.3) is 16.9 Å². The molecule has 1 fully saturated rings. The lowest BCUT2D eigenvalue weighted by Gasteiger charge is -2.36. The van der Waals surface area contributed by atoms with Gasteiger partial charge in [0, 0.05) is 43.2 Å². The predicted molar refractivity (Wildman–Crippen MR) is 140 cm³/mol. The van der Waals surface area contributed by atoms with Crippen molar-refractivity contribution in [1.29, 1.82) is 0 Å². The molecule has 0 unspecified atom stereocenters. The SMILES string of the molecule is Cc1ccc(-n2c(-c3ccc(F)cc3)cc(C(=O)N3CCN(c4ccccc4C)CC3)c2C)cc1. The highest BCUT2D eigenvalue weighted by atomic mass is 19.1. The van der Waals surface area contributed by atoms with Crippen molar-refractivity contribution in [2.45, 2.75) is 20.8 Å². The Morgan fingerprint density at radius 3 is 2.11 bits per heavy atom. The molecule has 35 heavy (non-hydrogen) atoms. The zero-order chi connectivity index (χ0) is 24.5. The molecular weight excluding hydrogens is 437 g/mol. The van der Waals surface area contributed by atoms with Crippen molar-refractivity contribution < 1.29 is 9.18 Å². The molecule has 0 saturated carbocycles. The van der Waals surface area contributed by atoms with Crippen molar-refractivity contribution in [3.8, 4) is 16.9 Å². The first kappa shape index (κ1) is 22.9. The second-order valence-corrected chi connectivity index (χ2v) is 9.27. The lowest BCUT2D eigenvalue weighted by Crippen LogP contribution is -2.49. The van der Waals surface area contributed by atoms with Crippen LogP contribution in [0, 0.1) is 26.6 Å². The van der Waals surface area contributed by atoms with E-state index in [4.69, 9.17) is 0 Å². The van der Waals surface area contributed by atoms with Crippen LogP contribution in [0.2, 0.25) is 0 Å². The summed E-state index contributed by atoms with van der Waals surface area (Å²) in [5, 5.41) is 0. The molecule has 0 spiro atoms. The molecule has 4 nitrogen and oxygen atoms in total. The van der Waals surface area contributed by atoms with Gasteiger partial charge in [-0.05, 0) is 80.4 Å². The Kier molecular flexibility index (Phi) is 6.16. The number of rotatable bonds is 4. The largest absolute Gasteiger partial charge is 0.368 e. The minimum absolute atomic E-state index is 0.0427. The average Bonchev–Trinajstić information content (AvgIpc) is 3.22. The van der Waals surface area contributed by atoms with E-state index in [1.54, 1.807) is 12.1 Å². The van der Waals surface area contributed by atoms with Crippen LogP contribution in [0.1, 0.15) is 27.2 Å². The fraction of sp³-hybridized carbons (Fsp3) is 0.233. The van der Waals surface area contributed by atoms with Crippen LogP contribution in [0.5, 0.6) is 0 Å². The molecule has 0 atom stereocenters. The molecule has 0 radical (unpaired) electrons. The summed E-state index contributed by atoms with van der Waals surface area (Å²) < 4.78 is 15.7. The van der Waals surface area contributed by atoms with Crippen molar-refractivity contribution in [1.82, 2.24) is 9.47 Å². The fourth-order valence-electron chi connectivity index (χ4n) is 4.92. The van der Waals surface area contributed by atoms with Crippen molar-refractivity contribution in [3.05, 3.63) is 107 Å². The van der Waals surface area contributed by atoms with Crippen molar-refractivity contribution in [3.63, 3.8) is 0 Å². The molecule has 3 aromatic carbocycles. The number of amides is 1. The molecule has 1 aromatic heterocycles. The lowest BCUT2D eigenvalue weighted by atomic mass is 10.1. The third kappa shape index (κ3) is 4.46. The first-order valence-electron chi connectivity index (χ1n) is 12.1. The summed E-state index contributed by atoms with van der Waals surface area (Å²) in [6.07, 6.45) is 0. The predicted octanol–water partition coefficient (Wildman–Crippen LogP) is 6.17. The van der Waals surface area contributed by atoms with E-state index in [1.807, 2.05) is 17.9 Å². The number of carbonyl (C=O) groups is 1. The van der Waals surface area contributed by atoms with Gasteiger partial charge in [-0.25, -0.2) is 4.39 Å². The maximum atomic E-state index is 13.7. The van der Waals surface area contributed by atoms with Gasteiger partial charge in [-0.1, -0.05) is 35.9 Å². The Balaban J connectivity index is 1.46. The second-order valence-electron chi connectivity index (χ2n) is 9.27. The first-order valence-corrected chi connectivity index (χ1v) is 12.1. The van der Waals surface area contributed by atoms with Crippen molar-refractivity contribution in [2.75, 3.05) is 31.1 Å². The van der Waals surface area contributed by atoms with Crippen molar-refractivity contribution >= 4 is 11.6 Å². The minimum Gasteiger partial charge on any atom is -0.368 e. The summed E-state index contributed by atoms with van der Waals surface area (Å²) in [5.41, 5.74) is 7.98. The van der Waals surface area contributed by atoms with Gasteiger partial charge >= 0.3 is 0 Å². The standard InChI is InChI=1S/C30H30FN3O/c1-21-8-14-26(15-9-21)34-23(3)27(20-29(34)24-10-12-25(31)13-11-24)30(35)33-18-16-32(17-19-33)28-7-5-4-6-22(28)2/h4-15,20H,16-19H2,1-3H3. The van der Waals surface area contributed by atoms with E-state index in [0.29, 0.717) is 18.7 Å². The number of aryl methyl sites for hydroxylation is 2. The Morgan fingerprint density at radius 2 is 1.46 bits per heavy atom. The normalized spacial score (nSPS) is 13.8. The van der Waals surface area contributed by atoms with Crippen molar-refractivity contribution in [2.24, 2.45) is 0 Å². The molecule has 2 heterocycles. The van der Waals surface area contributed by atoms with Crippen LogP contribution in [0.15, 0.2) is 78.9 Å². The van der Waals surface area contributed by atoms with E-state index in [1.165, 1.54) is 28.9 Å². The highest BCUT2D eigenvalue weighted by Crippen LogP contribution is 2.31.